The number of halogens is 1. The van der Waals surface area contributed by atoms with E-state index in [2.05, 4.69) is 20.6 Å². The van der Waals surface area contributed by atoms with Gasteiger partial charge in [-0.3, -0.25) is 4.99 Å². The molecule has 0 aliphatic heterocycles. The summed E-state index contributed by atoms with van der Waals surface area (Å²) in [5.74, 6) is 1.20. The molecule has 2 aromatic rings. The van der Waals surface area contributed by atoms with Gasteiger partial charge in [-0.05, 0) is 12.1 Å². The summed E-state index contributed by atoms with van der Waals surface area (Å²) in [6.07, 6.45) is 2.80. The Balaban J connectivity index is 0.00000364. The van der Waals surface area contributed by atoms with Crippen molar-refractivity contribution >= 4 is 39.8 Å². The third kappa shape index (κ3) is 9.20. The molecule has 8 nitrogen and oxygen atoms in total. The molecule has 0 atom stereocenters. The molecule has 1 aromatic heterocycles. The minimum atomic E-state index is -2.99. The van der Waals surface area contributed by atoms with Gasteiger partial charge in [0.1, 0.15) is 16.1 Å². The fourth-order valence-electron chi connectivity index (χ4n) is 2.05. The minimum absolute atomic E-state index is 0. The first-order valence-corrected chi connectivity index (χ1v) is 10.2. The second-order valence-corrected chi connectivity index (χ2v) is 7.86. The van der Waals surface area contributed by atoms with Crippen molar-refractivity contribution in [3.8, 4) is 11.5 Å². The number of oxazole rings is 1. The number of nitrogens with zero attached hydrogens (tertiary/aromatic N) is 2. The van der Waals surface area contributed by atoms with Gasteiger partial charge in [-0.15, -0.1) is 24.0 Å². The summed E-state index contributed by atoms with van der Waals surface area (Å²) in [7, 11) is -1.32. The first kappa shape index (κ1) is 23.4. The lowest BCUT2D eigenvalue weighted by atomic mass is 10.2. The van der Waals surface area contributed by atoms with Crippen LogP contribution in [0, 0.1) is 0 Å². The molecule has 0 amide bonds. The molecule has 0 aliphatic rings. The molecule has 1 heterocycles. The zero-order valence-corrected chi connectivity index (χ0v) is 18.5. The molecule has 0 saturated heterocycles. The Bertz CT molecular complexity index is 809. The molecule has 10 heteroatoms. The first-order valence-electron chi connectivity index (χ1n) is 8.18. The van der Waals surface area contributed by atoms with E-state index in [9.17, 15) is 8.42 Å². The lowest BCUT2D eigenvalue weighted by Gasteiger charge is -2.10. The fraction of sp³-hybridized carbons (Fsp3) is 0.412. The normalized spacial score (nSPS) is 11.7. The first-order chi connectivity index (χ1) is 12.5. The third-order valence-corrected chi connectivity index (χ3v) is 4.28. The van der Waals surface area contributed by atoms with Crippen molar-refractivity contribution < 1.29 is 17.6 Å². The number of rotatable bonds is 9. The van der Waals surface area contributed by atoms with Crippen LogP contribution in [0.5, 0.6) is 0 Å². The van der Waals surface area contributed by atoms with Gasteiger partial charge >= 0.3 is 0 Å². The van der Waals surface area contributed by atoms with Crippen molar-refractivity contribution in [3.05, 3.63) is 42.3 Å². The average molecular weight is 508 g/mol. The minimum Gasteiger partial charge on any atom is -0.444 e. The highest BCUT2D eigenvalue weighted by molar-refractivity contribution is 14.0. The van der Waals surface area contributed by atoms with Crippen molar-refractivity contribution in [1.82, 2.24) is 15.6 Å². The zero-order valence-electron chi connectivity index (χ0n) is 15.3. The van der Waals surface area contributed by atoms with Gasteiger partial charge in [0.25, 0.3) is 0 Å². The van der Waals surface area contributed by atoms with Crippen LogP contribution in [-0.4, -0.2) is 58.2 Å². The predicted octanol–water partition coefficient (Wildman–Crippen LogP) is 1.69. The Morgan fingerprint density at radius 2 is 1.96 bits per heavy atom. The molecule has 27 heavy (non-hydrogen) atoms. The van der Waals surface area contributed by atoms with Crippen LogP contribution in [0.15, 0.2) is 46.0 Å². The van der Waals surface area contributed by atoms with Crippen molar-refractivity contribution in [1.29, 1.82) is 0 Å². The molecule has 0 saturated carbocycles. The number of hydrogen-bond donors (Lipinski definition) is 2. The number of benzene rings is 1. The standard InChI is InChI=1S/C17H24N4O4S.HI/c1-18-17(19-8-9-24-10-11-26(2,22)23)20-12-15-13-25-16(21-15)14-6-4-3-5-7-14;/h3-7,13H,8-12H2,1-2H3,(H2,18,19,20);1H. The van der Waals surface area contributed by atoms with E-state index in [1.807, 2.05) is 30.3 Å². The number of aliphatic imine (C=N–C) groups is 1. The van der Waals surface area contributed by atoms with E-state index >= 15 is 0 Å². The van der Waals surface area contributed by atoms with Crippen LogP contribution in [0.4, 0.5) is 0 Å². The summed E-state index contributed by atoms with van der Waals surface area (Å²) in [6, 6.07) is 9.68. The summed E-state index contributed by atoms with van der Waals surface area (Å²) in [4.78, 5) is 8.55. The molecule has 0 fully saturated rings. The number of ether oxygens (including phenoxy) is 1. The van der Waals surface area contributed by atoms with Crippen LogP contribution in [0.25, 0.3) is 11.5 Å². The molecule has 2 N–H and O–H groups in total. The fourth-order valence-corrected chi connectivity index (χ4v) is 2.47. The Labute approximate surface area is 176 Å². The highest BCUT2D eigenvalue weighted by Crippen LogP contribution is 2.17. The van der Waals surface area contributed by atoms with Crippen molar-refractivity contribution in [2.75, 3.05) is 38.8 Å². The number of nitrogens with one attached hydrogen (secondary N) is 2. The number of guanidine groups is 1. The Morgan fingerprint density at radius 3 is 2.63 bits per heavy atom. The largest absolute Gasteiger partial charge is 0.444 e. The van der Waals surface area contributed by atoms with Crippen LogP contribution < -0.4 is 10.6 Å². The van der Waals surface area contributed by atoms with Crippen LogP contribution in [-0.2, 0) is 21.1 Å². The smallest absolute Gasteiger partial charge is 0.226 e. The van der Waals surface area contributed by atoms with Crippen LogP contribution in [0.3, 0.4) is 0 Å². The number of aromatic nitrogens is 1. The van der Waals surface area contributed by atoms with E-state index < -0.39 is 9.84 Å². The van der Waals surface area contributed by atoms with Gasteiger partial charge in [0.05, 0.1) is 31.2 Å². The van der Waals surface area contributed by atoms with E-state index in [-0.39, 0.29) is 36.3 Å². The van der Waals surface area contributed by atoms with Gasteiger partial charge in [-0.25, -0.2) is 13.4 Å². The lowest BCUT2D eigenvalue weighted by molar-refractivity contribution is 0.154. The third-order valence-electron chi connectivity index (χ3n) is 3.37. The van der Waals surface area contributed by atoms with Crippen LogP contribution in [0.1, 0.15) is 5.69 Å². The van der Waals surface area contributed by atoms with Gasteiger partial charge in [0.2, 0.25) is 5.89 Å². The molecule has 2 rings (SSSR count). The van der Waals surface area contributed by atoms with Crippen molar-refractivity contribution in [2.45, 2.75) is 6.54 Å². The predicted molar refractivity (Wildman–Crippen MR) is 116 cm³/mol. The Morgan fingerprint density at radius 1 is 1.22 bits per heavy atom. The topological polar surface area (TPSA) is 106 Å². The maximum absolute atomic E-state index is 11.0. The summed E-state index contributed by atoms with van der Waals surface area (Å²) >= 11 is 0. The molecular weight excluding hydrogens is 483 g/mol. The summed E-state index contributed by atoms with van der Waals surface area (Å²) < 4.78 is 32.7. The quantitative estimate of drug-likeness (QED) is 0.230. The highest BCUT2D eigenvalue weighted by Gasteiger charge is 2.07. The van der Waals surface area contributed by atoms with Gasteiger partial charge in [-0.1, -0.05) is 18.2 Å². The van der Waals surface area contributed by atoms with E-state index in [0.29, 0.717) is 31.5 Å². The maximum Gasteiger partial charge on any atom is 0.226 e. The van der Waals surface area contributed by atoms with Crippen molar-refractivity contribution in [3.63, 3.8) is 0 Å². The highest BCUT2D eigenvalue weighted by atomic mass is 127. The average Bonchev–Trinajstić information content (AvgIpc) is 3.09. The maximum atomic E-state index is 11.0. The van der Waals surface area contributed by atoms with E-state index in [4.69, 9.17) is 9.15 Å². The molecule has 0 unspecified atom stereocenters. The lowest BCUT2D eigenvalue weighted by Crippen LogP contribution is -2.38. The molecule has 0 radical (unpaired) electrons. The van der Waals surface area contributed by atoms with Gasteiger partial charge in [-0.2, -0.15) is 0 Å². The Hall–Kier alpha value is -1.66. The SMILES string of the molecule is CN=C(NCCOCCS(C)(=O)=O)NCc1coc(-c2ccccc2)n1.I. The summed E-state index contributed by atoms with van der Waals surface area (Å²) in [6.45, 7) is 1.55. The van der Waals surface area contributed by atoms with E-state index in [1.54, 1.807) is 13.3 Å². The van der Waals surface area contributed by atoms with Crippen LogP contribution in [0.2, 0.25) is 0 Å². The van der Waals surface area contributed by atoms with Crippen LogP contribution >= 0.6 is 24.0 Å². The van der Waals surface area contributed by atoms with E-state index in [1.165, 1.54) is 6.26 Å². The van der Waals surface area contributed by atoms with Gasteiger partial charge < -0.3 is 19.8 Å². The second-order valence-electron chi connectivity index (χ2n) is 5.60. The number of sulfone groups is 1. The molecule has 0 bridgehead atoms. The molecule has 0 spiro atoms. The summed E-state index contributed by atoms with van der Waals surface area (Å²) in [5, 5.41) is 6.21. The molecular formula is C17H25IN4O4S. The molecule has 0 aliphatic carbocycles. The molecule has 1 aromatic carbocycles. The van der Waals surface area contributed by atoms with Crippen molar-refractivity contribution in [2.24, 2.45) is 4.99 Å². The number of hydrogen-bond acceptors (Lipinski definition) is 6. The molecule has 150 valence electrons. The van der Waals surface area contributed by atoms with Gasteiger partial charge in [0.15, 0.2) is 5.96 Å². The van der Waals surface area contributed by atoms with Gasteiger partial charge in [0, 0.05) is 25.4 Å². The second kappa shape index (κ2) is 11.9. The van der Waals surface area contributed by atoms with E-state index in [0.717, 1.165) is 11.3 Å². The Kier molecular flexibility index (Phi) is 10.3. The zero-order chi connectivity index (χ0) is 18.8. The summed E-state index contributed by atoms with van der Waals surface area (Å²) in [5.41, 5.74) is 1.68. The monoisotopic (exact) mass is 508 g/mol.